The maximum Gasteiger partial charge on any atom is 0.586 e. The van der Waals surface area contributed by atoms with E-state index >= 15 is 0 Å². The summed E-state index contributed by atoms with van der Waals surface area (Å²) in [6.07, 6.45) is -3.61. The molecule has 0 atom stereocenters. The van der Waals surface area contributed by atoms with Crippen LogP contribution in [0, 0.1) is 6.92 Å². The molecule has 1 aromatic carbocycles. The standard InChI is InChI=1S/C8H6BrF2NO2/c1-3-2-4-7(5(9)6(3)12)14-8(10,11)13-4/h2H,12H2,1H3. The molecule has 1 aromatic rings. The zero-order valence-electron chi connectivity index (χ0n) is 7.11. The molecule has 0 unspecified atom stereocenters. The molecular weight excluding hydrogens is 260 g/mol. The van der Waals surface area contributed by atoms with E-state index < -0.39 is 6.29 Å². The van der Waals surface area contributed by atoms with E-state index in [1.165, 1.54) is 6.07 Å². The van der Waals surface area contributed by atoms with Gasteiger partial charge in [0.2, 0.25) is 0 Å². The maximum absolute atomic E-state index is 12.7. The van der Waals surface area contributed by atoms with Crippen LogP contribution < -0.4 is 15.2 Å². The van der Waals surface area contributed by atoms with Crippen molar-refractivity contribution in [1.82, 2.24) is 0 Å². The van der Waals surface area contributed by atoms with Crippen LogP contribution in [0.25, 0.3) is 0 Å². The maximum atomic E-state index is 12.7. The predicted octanol–water partition coefficient (Wildman–Crippen LogP) is 2.66. The van der Waals surface area contributed by atoms with Gasteiger partial charge in [-0.3, -0.25) is 0 Å². The van der Waals surface area contributed by atoms with Crippen molar-refractivity contribution in [3.05, 3.63) is 16.1 Å². The van der Waals surface area contributed by atoms with Crippen molar-refractivity contribution in [3.8, 4) is 11.5 Å². The average Bonchev–Trinajstić information content (AvgIpc) is 2.37. The van der Waals surface area contributed by atoms with Crippen molar-refractivity contribution in [3.63, 3.8) is 0 Å². The second-order valence-corrected chi connectivity index (χ2v) is 3.71. The lowest BCUT2D eigenvalue weighted by Gasteiger charge is -2.05. The zero-order valence-corrected chi connectivity index (χ0v) is 8.69. The van der Waals surface area contributed by atoms with Crippen LogP contribution in [0.2, 0.25) is 0 Å². The molecule has 0 bridgehead atoms. The van der Waals surface area contributed by atoms with E-state index in [0.717, 1.165) is 0 Å². The zero-order chi connectivity index (χ0) is 10.5. The molecule has 0 spiro atoms. The first-order valence-corrected chi connectivity index (χ1v) is 4.54. The number of fused-ring (bicyclic) bond motifs is 1. The lowest BCUT2D eigenvalue weighted by Crippen LogP contribution is -2.26. The Morgan fingerprint density at radius 2 is 2.07 bits per heavy atom. The SMILES string of the molecule is Cc1cc2c(c(Br)c1N)OC(F)(F)O2. The number of anilines is 1. The molecule has 0 fully saturated rings. The topological polar surface area (TPSA) is 44.5 Å². The Labute approximate surface area is 86.9 Å². The molecule has 2 rings (SSSR count). The molecule has 0 amide bonds. The molecule has 0 saturated heterocycles. The molecule has 1 aliphatic heterocycles. The second-order valence-electron chi connectivity index (χ2n) is 2.92. The Kier molecular flexibility index (Phi) is 1.85. The summed E-state index contributed by atoms with van der Waals surface area (Å²) in [6.45, 7) is 1.69. The first-order valence-electron chi connectivity index (χ1n) is 3.75. The van der Waals surface area contributed by atoms with E-state index in [2.05, 4.69) is 25.4 Å². The van der Waals surface area contributed by atoms with Gasteiger partial charge in [0, 0.05) is 0 Å². The quantitative estimate of drug-likeness (QED) is 0.734. The lowest BCUT2D eigenvalue weighted by atomic mass is 10.2. The smallest absolute Gasteiger partial charge is 0.397 e. The third-order valence-electron chi connectivity index (χ3n) is 1.88. The monoisotopic (exact) mass is 265 g/mol. The highest BCUT2D eigenvalue weighted by Gasteiger charge is 2.45. The van der Waals surface area contributed by atoms with Crippen molar-refractivity contribution in [2.75, 3.05) is 5.73 Å². The van der Waals surface area contributed by atoms with Crippen molar-refractivity contribution < 1.29 is 18.3 Å². The molecule has 3 nitrogen and oxygen atoms in total. The van der Waals surface area contributed by atoms with E-state index in [1.807, 2.05) is 0 Å². The van der Waals surface area contributed by atoms with Gasteiger partial charge in [0.15, 0.2) is 11.5 Å². The number of hydrogen-bond acceptors (Lipinski definition) is 3. The Hall–Kier alpha value is -1.04. The molecule has 0 aliphatic carbocycles. The average molecular weight is 266 g/mol. The number of nitrogen functional groups attached to an aromatic ring is 1. The van der Waals surface area contributed by atoms with Gasteiger partial charge in [-0.05, 0) is 34.5 Å². The number of nitrogens with two attached hydrogens (primary N) is 1. The van der Waals surface area contributed by atoms with Gasteiger partial charge in [-0.25, -0.2) is 0 Å². The minimum Gasteiger partial charge on any atom is -0.397 e. The number of ether oxygens (including phenoxy) is 2. The predicted molar refractivity (Wildman–Crippen MR) is 49.5 cm³/mol. The first-order chi connectivity index (χ1) is 6.41. The Morgan fingerprint density at radius 3 is 2.71 bits per heavy atom. The Bertz CT molecular complexity index is 409. The molecule has 6 heteroatoms. The summed E-state index contributed by atoms with van der Waals surface area (Å²) in [7, 11) is 0. The first kappa shape index (κ1) is 9.51. The highest BCUT2D eigenvalue weighted by molar-refractivity contribution is 9.10. The van der Waals surface area contributed by atoms with Crippen LogP contribution in [-0.4, -0.2) is 6.29 Å². The summed E-state index contributed by atoms with van der Waals surface area (Å²) in [4.78, 5) is 0. The number of aryl methyl sites for hydroxylation is 1. The van der Waals surface area contributed by atoms with Gasteiger partial charge in [-0.1, -0.05) is 0 Å². The minimum atomic E-state index is -3.61. The van der Waals surface area contributed by atoms with Crippen LogP contribution in [0.15, 0.2) is 10.5 Å². The van der Waals surface area contributed by atoms with Crippen molar-refractivity contribution in [2.24, 2.45) is 0 Å². The van der Waals surface area contributed by atoms with Crippen molar-refractivity contribution in [2.45, 2.75) is 13.2 Å². The van der Waals surface area contributed by atoms with Crippen LogP contribution in [-0.2, 0) is 0 Å². The largest absolute Gasteiger partial charge is 0.586 e. The van der Waals surface area contributed by atoms with Crippen molar-refractivity contribution >= 4 is 21.6 Å². The highest BCUT2D eigenvalue weighted by Crippen LogP contribution is 2.48. The minimum absolute atomic E-state index is 0.00595. The molecule has 2 N–H and O–H groups in total. The van der Waals surface area contributed by atoms with Crippen LogP contribution >= 0.6 is 15.9 Å². The van der Waals surface area contributed by atoms with Gasteiger partial charge in [0.05, 0.1) is 10.2 Å². The molecule has 14 heavy (non-hydrogen) atoms. The van der Waals surface area contributed by atoms with Gasteiger partial charge >= 0.3 is 6.29 Å². The molecule has 1 aliphatic rings. The highest BCUT2D eigenvalue weighted by atomic mass is 79.9. The fraction of sp³-hybridized carbons (Fsp3) is 0.250. The Balaban J connectivity index is 2.59. The molecular formula is C8H6BrF2NO2. The summed E-state index contributed by atoms with van der Waals surface area (Å²) >= 11 is 3.07. The molecule has 76 valence electrons. The summed E-state index contributed by atoms with van der Waals surface area (Å²) in [5.41, 5.74) is 6.63. The van der Waals surface area contributed by atoms with Gasteiger partial charge in [0.25, 0.3) is 0 Å². The van der Waals surface area contributed by atoms with Gasteiger partial charge in [0.1, 0.15) is 0 Å². The number of hydrogen-bond donors (Lipinski definition) is 1. The second kappa shape index (κ2) is 2.73. The van der Waals surface area contributed by atoms with Gasteiger partial charge in [-0.15, -0.1) is 8.78 Å². The van der Waals surface area contributed by atoms with E-state index in [0.29, 0.717) is 15.7 Å². The third-order valence-corrected chi connectivity index (χ3v) is 2.67. The fourth-order valence-corrected chi connectivity index (χ4v) is 1.77. The van der Waals surface area contributed by atoms with Gasteiger partial charge < -0.3 is 15.2 Å². The molecule has 0 radical (unpaired) electrons. The van der Waals surface area contributed by atoms with E-state index in [1.54, 1.807) is 6.92 Å². The summed E-state index contributed by atoms with van der Waals surface area (Å²) < 4.78 is 34.2. The molecule has 1 heterocycles. The number of rotatable bonds is 0. The molecule has 0 aromatic heterocycles. The summed E-state index contributed by atoms with van der Waals surface area (Å²) in [5, 5.41) is 0. The normalized spacial score (nSPS) is 17.1. The number of benzene rings is 1. The van der Waals surface area contributed by atoms with Crippen LogP contribution in [0.3, 0.4) is 0 Å². The third kappa shape index (κ3) is 1.30. The van der Waals surface area contributed by atoms with Crippen LogP contribution in [0.4, 0.5) is 14.5 Å². The van der Waals surface area contributed by atoms with E-state index in [4.69, 9.17) is 5.73 Å². The number of halogens is 3. The lowest BCUT2D eigenvalue weighted by molar-refractivity contribution is -0.286. The van der Waals surface area contributed by atoms with Crippen LogP contribution in [0.5, 0.6) is 11.5 Å². The van der Waals surface area contributed by atoms with E-state index in [-0.39, 0.29) is 11.5 Å². The summed E-state index contributed by atoms with van der Waals surface area (Å²) in [5.74, 6) is -0.0633. The van der Waals surface area contributed by atoms with Gasteiger partial charge in [-0.2, -0.15) is 0 Å². The fourth-order valence-electron chi connectivity index (χ4n) is 1.18. The molecule has 0 saturated carbocycles. The van der Waals surface area contributed by atoms with Crippen molar-refractivity contribution in [1.29, 1.82) is 0 Å². The summed E-state index contributed by atoms with van der Waals surface area (Å²) in [6, 6.07) is 1.41. The Morgan fingerprint density at radius 1 is 1.43 bits per heavy atom. The number of alkyl halides is 2. The van der Waals surface area contributed by atoms with Crippen LogP contribution in [0.1, 0.15) is 5.56 Å². The van der Waals surface area contributed by atoms with E-state index in [9.17, 15) is 8.78 Å².